The van der Waals surface area contributed by atoms with Crippen molar-refractivity contribution in [2.45, 2.75) is 32.5 Å². The Morgan fingerprint density at radius 3 is 2.62 bits per heavy atom. The summed E-state index contributed by atoms with van der Waals surface area (Å²) in [7, 11) is 0. The van der Waals surface area contributed by atoms with Gasteiger partial charge in [-0.1, -0.05) is 24.3 Å². The lowest BCUT2D eigenvalue weighted by Crippen LogP contribution is -2.22. The van der Waals surface area contributed by atoms with Crippen LogP contribution >= 0.6 is 0 Å². The topological polar surface area (TPSA) is 72.8 Å². The van der Waals surface area contributed by atoms with E-state index < -0.39 is 11.9 Å². The zero-order valence-electron chi connectivity index (χ0n) is 12.1. The summed E-state index contributed by atoms with van der Waals surface area (Å²) in [5.41, 5.74) is 1.89. The molecule has 0 spiro atoms. The predicted octanol–water partition coefficient (Wildman–Crippen LogP) is 2.34. The molecule has 2 rings (SSSR count). The molecule has 1 aliphatic heterocycles. The zero-order valence-corrected chi connectivity index (χ0v) is 12.1. The van der Waals surface area contributed by atoms with Crippen LogP contribution in [0.1, 0.15) is 37.2 Å². The van der Waals surface area contributed by atoms with Crippen molar-refractivity contribution in [3.05, 3.63) is 35.4 Å². The van der Waals surface area contributed by atoms with Gasteiger partial charge in [-0.15, -0.1) is 0 Å². The van der Waals surface area contributed by atoms with Crippen molar-refractivity contribution in [3.63, 3.8) is 0 Å². The summed E-state index contributed by atoms with van der Waals surface area (Å²) in [6.45, 7) is 2.74. The maximum absolute atomic E-state index is 11.8. The van der Waals surface area contributed by atoms with Crippen LogP contribution in [0.3, 0.4) is 0 Å². The molecule has 0 aromatic heterocycles. The third kappa shape index (κ3) is 4.12. The van der Waals surface area contributed by atoms with Crippen molar-refractivity contribution in [2.24, 2.45) is 5.92 Å². The molecule has 1 atom stereocenters. The average Bonchev–Trinajstić information content (AvgIpc) is 2.52. The number of carboxylic acid groups (broad SMARTS) is 1. The quantitative estimate of drug-likeness (QED) is 0.815. The number of carbonyl (C=O) groups excluding carboxylic acids is 1. The summed E-state index contributed by atoms with van der Waals surface area (Å²) in [4.78, 5) is 22.6. The summed E-state index contributed by atoms with van der Waals surface area (Å²) in [5, 5.41) is 8.85. The molecule has 1 fully saturated rings. The van der Waals surface area contributed by atoms with E-state index in [4.69, 9.17) is 14.6 Å². The number of ether oxygens (including phenoxy) is 2. The van der Waals surface area contributed by atoms with Crippen molar-refractivity contribution in [1.82, 2.24) is 0 Å². The van der Waals surface area contributed by atoms with Crippen LogP contribution in [0.2, 0.25) is 0 Å². The molecule has 5 heteroatoms. The fourth-order valence-corrected chi connectivity index (χ4v) is 2.27. The molecular formula is C16H20O5. The smallest absolute Gasteiger partial charge is 0.313 e. The molecule has 114 valence electrons. The molecule has 0 aliphatic carbocycles. The summed E-state index contributed by atoms with van der Waals surface area (Å²) in [5.74, 6) is -2.30. The van der Waals surface area contributed by atoms with Gasteiger partial charge in [-0.2, -0.15) is 0 Å². The highest BCUT2D eigenvalue weighted by Crippen LogP contribution is 2.26. The van der Waals surface area contributed by atoms with Crippen LogP contribution in [0.4, 0.5) is 0 Å². The maximum Gasteiger partial charge on any atom is 0.313 e. The number of hydrogen-bond acceptors (Lipinski definition) is 4. The number of ketones is 1. The van der Waals surface area contributed by atoms with Crippen molar-refractivity contribution in [1.29, 1.82) is 0 Å². The number of Topliss-reactive ketones (excluding diaryl/α,β-unsaturated/α-hetero) is 1. The fraction of sp³-hybridized carbons (Fsp3) is 0.500. The molecule has 1 heterocycles. The monoisotopic (exact) mass is 292 g/mol. The number of aryl methyl sites for hydroxylation is 1. The van der Waals surface area contributed by atoms with Gasteiger partial charge in [0, 0.05) is 12.0 Å². The number of rotatable bonds is 6. The van der Waals surface area contributed by atoms with Crippen LogP contribution in [0, 0.1) is 5.92 Å². The molecule has 1 aliphatic rings. The van der Waals surface area contributed by atoms with E-state index in [2.05, 4.69) is 0 Å². The van der Waals surface area contributed by atoms with Gasteiger partial charge in [0.05, 0.1) is 13.2 Å². The van der Waals surface area contributed by atoms with E-state index in [1.165, 1.54) is 6.92 Å². The van der Waals surface area contributed by atoms with Crippen LogP contribution in [-0.2, 0) is 25.5 Å². The molecule has 0 bridgehead atoms. The number of benzene rings is 1. The second-order valence-electron chi connectivity index (χ2n) is 5.15. The summed E-state index contributed by atoms with van der Waals surface area (Å²) >= 11 is 0. The minimum absolute atomic E-state index is 0.206. The molecule has 0 saturated carbocycles. The third-order valence-corrected chi connectivity index (χ3v) is 3.63. The van der Waals surface area contributed by atoms with Crippen LogP contribution in [-0.4, -0.2) is 30.1 Å². The Morgan fingerprint density at radius 2 is 1.95 bits per heavy atom. The predicted molar refractivity (Wildman–Crippen MR) is 75.8 cm³/mol. The Kier molecular flexibility index (Phi) is 5.47. The van der Waals surface area contributed by atoms with E-state index in [0.29, 0.717) is 19.6 Å². The summed E-state index contributed by atoms with van der Waals surface area (Å²) in [6, 6.07) is 7.65. The average molecular weight is 292 g/mol. The van der Waals surface area contributed by atoms with E-state index >= 15 is 0 Å². The Hall–Kier alpha value is -1.72. The van der Waals surface area contributed by atoms with Gasteiger partial charge in [-0.3, -0.25) is 9.59 Å². The van der Waals surface area contributed by atoms with Crippen LogP contribution < -0.4 is 0 Å². The Balaban J connectivity index is 2.03. The highest BCUT2D eigenvalue weighted by Gasteiger charge is 2.22. The lowest BCUT2D eigenvalue weighted by atomic mass is 9.96. The molecule has 5 nitrogen and oxygen atoms in total. The van der Waals surface area contributed by atoms with Crippen molar-refractivity contribution < 1.29 is 24.2 Å². The van der Waals surface area contributed by atoms with Crippen LogP contribution in [0.15, 0.2) is 24.3 Å². The summed E-state index contributed by atoms with van der Waals surface area (Å²) in [6.07, 6.45) is 1.20. The van der Waals surface area contributed by atoms with E-state index in [1.807, 2.05) is 24.3 Å². The normalized spacial score (nSPS) is 17.4. The first kappa shape index (κ1) is 15.7. The van der Waals surface area contributed by atoms with Gasteiger partial charge < -0.3 is 14.6 Å². The van der Waals surface area contributed by atoms with Crippen LogP contribution in [0.25, 0.3) is 0 Å². The van der Waals surface area contributed by atoms with Gasteiger partial charge in [0.15, 0.2) is 6.29 Å². The van der Waals surface area contributed by atoms with Gasteiger partial charge in [-0.25, -0.2) is 0 Å². The molecule has 1 aromatic carbocycles. The molecule has 1 unspecified atom stereocenters. The van der Waals surface area contributed by atoms with Crippen molar-refractivity contribution in [2.75, 3.05) is 13.2 Å². The van der Waals surface area contributed by atoms with E-state index in [-0.39, 0.29) is 18.5 Å². The van der Waals surface area contributed by atoms with Gasteiger partial charge in [-0.05, 0) is 25.3 Å². The van der Waals surface area contributed by atoms with Crippen molar-refractivity contribution in [3.8, 4) is 0 Å². The van der Waals surface area contributed by atoms with Crippen molar-refractivity contribution >= 4 is 11.8 Å². The Bertz CT molecular complexity index is 505. The lowest BCUT2D eigenvalue weighted by molar-refractivity contribution is -0.183. The standard InChI is InChI=1S/C16H20O5/c1-11(15(18)19)14(17)8-7-12-5-2-3-6-13(12)16-20-9-4-10-21-16/h2-3,5-6,11,16H,4,7-10H2,1H3,(H,18,19). The van der Waals surface area contributed by atoms with Crippen LogP contribution in [0.5, 0.6) is 0 Å². The Morgan fingerprint density at radius 1 is 1.29 bits per heavy atom. The van der Waals surface area contributed by atoms with Gasteiger partial charge in [0.2, 0.25) is 0 Å². The molecule has 1 N–H and O–H groups in total. The van der Waals surface area contributed by atoms with Gasteiger partial charge in [0.1, 0.15) is 11.7 Å². The highest BCUT2D eigenvalue weighted by atomic mass is 16.7. The molecule has 1 aromatic rings. The maximum atomic E-state index is 11.8. The van der Waals surface area contributed by atoms with E-state index in [9.17, 15) is 9.59 Å². The largest absolute Gasteiger partial charge is 0.481 e. The summed E-state index contributed by atoms with van der Waals surface area (Å²) < 4.78 is 11.2. The first-order valence-electron chi connectivity index (χ1n) is 7.16. The molecular weight excluding hydrogens is 272 g/mol. The zero-order chi connectivity index (χ0) is 15.2. The number of aliphatic carboxylic acids is 1. The first-order chi connectivity index (χ1) is 10.1. The SMILES string of the molecule is CC(C(=O)O)C(=O)CCc1ccccc1C1OCCCO1. The Labute approximate surface area is 123 Å². The van der Waals surface area contributed by atoms with E-state index in [0.717, 1.165) is 17.5 Å². The lowest BCUT2D eigenvalue weighted by Gasteiger charge is -2.25. The molecule has 21 heavy (non-hydrogen) atoms. The third-order valence-electron chi connectivity index (χ3n) is 3.63. The van der Waals surface area contributed by atoms with Gasteiger partial charge in [0.25, 0.3) is 0 Å². The second kappa shape index (κ2) is 7.33. The second-order valence-corrected chi connectivity index (χ2v) is 5.15. The van der Waals surface area contributed by atoms with E-state index in [1.54, 1.807) is 0 Å². The molecule has 0 amide bonds. The molecule has 1 saturated heterocycles. The number of carbonyl (C=O) groups is 2. The van der Waals surface area contributed by atoms with Gasteiger partial charge >= 0.3 is 5.97 Å². The number of hydrogen-bond donors (Lipinski definition) is 1. The fourth-order valence-electron chi connectivity index (χ4n) is 2.27. The first-order valence-corrected chi connectivity index (χ1v) is 7.16. The number of carboxylic acids is 1. The molecule has 0 radical (unpaired) electrons. The minimum atomic E-state index is -1.08. The minimum Gasteiger partial charge on any atom is -0.481 e. The highest BCUT2D eigenvalue weighted by molar-refractivity contribution is 5.97.